The van der Waals surface area contributed by atoms with Crippen molar-refractivity contribution < 1.29 is 58.2 Å². The lowest BCUT2D eigenvalue weighted by molar-refractivity contribution is -0.126. The Morgan fingerprint density at radius 1 is 0.422 bits per heavy atom. The molecule has 7 aromatic carbocycles. The number of phenols is 2. The molecule has 11 amide bonds. The van der Waals surface area contributed by atoms with E-state index in [1.165, 1.54) is 27.5 Å². The molecule has 19 rings (SSSR count). The molecule has 40 heteroatoms. The number of H-pyrrole nitrogens is 1. The first kappa shape index (κ1) is 118. The van der Waals surface area contributed by atoms with Gasteiger partial charge in [0.2, 0.25) is 38.5 Å². The van der Waals surface area contributed by atoms with Gasteiger partial charge in [-0.1, -0.05) is 133 Å². The van der Waals surface area contributed by atoms with Crippen LogP contribution in [0.2, 0.25) is 10.0 Å². The van der Waals surface area contributed by atoms with Crippen molar-refractivity contribution in [3.63, 3.8) is 0 Å². The summed E-state index contributed by atoms with van der Waals surface area (Å²) in [4.78, 5) is 150. The van der Waals surface area contributed by atoms with Crippen molar-refractivity contribution in [3.8, 4) is 22.8 Å². The standard InChI is InChI=1S/C15H16Br2N4O2.C14H17N3O2.2C13H16N4O2.C13H14.C9H11Br2N.C9H10Br2O.C9H10Cl2O.C6H12N2O.C6H9NO2/c16-11-5-9(6-12(17)14(11)18)13-7-21(15(23)19-13)10-1-3-20(8-22)4-2-10;18-10-16-7-5-11(6-8-16)17-9-15-13-4-2-1-3-12(13)14(17)19;18-9-16-5-2-11(3-6-16)17-8-10-7-14-4-1-12(10)15-13(17)19;18-9-16-5-2-11(3-6-16)17-8-10-1-4-14-7-12(10)15-13(17)19;1-10(2)12-9-5-7-11-6-3-4-8-13(11)12;3*1-5(2)6-3-7(10)9(12)8(11)4-6;7-6-1-3-8(5-9)4-2-6;8-5-7-3-1-6(9)2-4-7/h5-8,10H,1-4,18H2,(H,19,23);1-4,10-11,15H,5-9H2;2*1,4,7,9,11H,2-3,5-6,8H2,(H,15,19);3-10H,1-2H3;3-5H,12H2,1-2H3;2*3-5,12H,1-2H3;5-6H,1-4,7H2;5H,1-4H2. The number of nitrogen functional groups attached to an aromatic ring is 2. The molecule has 0 radical (unpaired) electrons. The number of amides is 11. The van der Waals surface area contributed by atoms with E-state index in [9.17, 15) is 63.0 Å². The van der Waals surface area contributed by atoms with Crippen LogP contribution in [0, 0.1) is 0 Å². The topological polar surface area (TPSA) is 418 Å². The van der Waals surface area contributed by atoms with Crippen molar-refractivity contribution in [2.75, 3.05) is 113 Å². The van der Waals surface area contributed by atoms with Gasteiger partial charge in [-0.25, -0.2) is 14.4 Å². The molecule has 0 atom stereocenters. The lowest BCUT2D eigenvalue weighted by atomic mass is 9.96. The number of aromatic amines is 1. The number of aromatic nitrogens is 4. The number of nitrogens with two attached hydrogens (primary N) is 3. The fourth-order valence-corrected chi connectivity index (χ4v) is 21.7. The van der Waals surface area contributed by atoms with E-state index in [2.05, 4.69) is 223 Å². The number of benzene rings is 7. The number of Topliss-reactive ketones (excluding diaryl/α,β-unsaturated/α-hetero) is 1. The average Bonchev–Trinajstić information content (AvgIpc) is 1.29. The van der Waals surface area contributed by atoms with Crippen LogP contribution in [0.1, 0.15) is 206 Å². The molecule has 9 aliphatic heterocycles. The second-order valence-electron chi connectivity index (χ2n) is 38.0. The Balaban J connectivity index is 0.000000170. The van der Waals surface area contributed by atoms with Gasteiger partial charge in [-0.15, -0.1) is 0 Å². The van der Waals surface area contributed by atoms with Crippen molar-refractivity contribution in [1.82, 2.24) is 63.6 Å². The molecule has 6 saturated heterocycles. The van der Waals surface area contributed by atoms with Gasteiger partial charge in [0.25, 0.3) is 5.91 Å². The smallest absolute Gasteiger partial charge is 0.326 e. The fraction of sp³-hybridized carbons (Fsp3) is 0.411. The summed E-state index contributed by atoms with van der Waals surface area (Å²) in [6.45, 7) is 27.5. The molecule has 12 heterocycles. The number of rotatable bonds is 15. The molecule has 147 heavy (non-hydrogen) atoms. The number of likely N-dealkylation sites (tertiary alicyclic amines) is 6. The number of imidazole rings is 1. The van der Waals surface area contributed by atoms with Crippen LogP contribution < -0.4 is 38.8 Å². The molecule has 0 unspecified atom stereocenters. The minimum atomic E-state index is -0.131. The Bertz CT molecular complexity index is 5800. The van der Waals surface area contributed by atoms with Crippen LogP contribution in [0.15, 0.2) is 190 Å². The van der Waals surface area contributed by atoms with E-state index < -0.39 is 0 Å². The minimum Gasteiger partial charge on any atom is -0.506 e. The summed E-state index contributed by atoms with van der Waals surface area (Å²) in [5.41, 5.74) is 30.5. The Kier molecular flexibility index (Phi) is 46.7. The zero-order valence-corrected chi connectivity index (χ0v) is 94.8. The monoisotopic (exact) mass is 2430 g/mol. The van der Waals surface area contributed by atoms with Crippen LogP contribution in [-0.2, 0) is 46.7 Å². The predicted octanol–water partition coefficient (Wildman–Crippen LogP) is 21.1. The molecule has 0 bridgehead atoms. The number of phenolic OH excluding ortho intramolecular Hbond substituents is 2. The first-order chi connectivity index (χ1) is 70.3. The zero-order valence-electron chi connectivity index (χ0n) is 83.8. The van der Waals surface area contributed by atoms with Gasteiger partial charge < -0.3 is 92.4 Å². The number of carbonyl (C=O) groups excluding carboxylic acids is 10. The van der Waals surface area contributed by atoms with Crippen molar-refractivity contribution in [3.05, 3.63) is 245 Å². The first-order valence-electron chi connectivity index (χ1n) is 49.1. The first-order valence-corrected chi connectivity index (χ1v) is 54.6. The largest absolute Gasteiger partial charge is 0.506 e. The van der Waals surface area contributed by atoms with Gasteiger partial charge >= 0.3 is 17.8 Å². The normalized spacial score (nSPS) is 16.4. The number of carbonyl (C=O) groups is 10. The number of ketones is 1. The molecule has 9 aliphatic rings. The maximum atomic E-state index is 12.5. The number of fused-ring (bicyclic) bond motifs is 4. The van der Waals surface area contributed by atoms with Gasteiger partial charge in [0.05, 0.1) is 72.4 Å². The number of nitrogens with zero attached hydrogens (tertiary/aromatic N) is 12. The van der Waals surface area contributed by atoms with Crippen LogP contribution >= 0.6 is 119 Å². The average molecular weight is 2440 g/mol. The number of aromatic hydroxyl groups is 2. The van der Waals surface area contributed by atoms with Crippen molar-refractivity contribution in [2.24, 2.45) is 5.73 Å². The van der Waals surface area contributed by atoms with Crippen LogP contribution in [0.3, 0.4) is 0 Å². The molecule has 0 spiro atoms. The molecule has 10 aromatic rings. The third-order valence-corrected chi connectivity index (χ3v) is 31.1. The Hall–Kier alpha value is -11.0. The van der Waals surface area contributed by atoms with Gasteiger partial charge in [0.15, 0.2) is 5.75 Å². The molecule has 32 nitrogen and oxygen atoms in total. The Labute approximate surface area is 919 Å². The summed E-state index contributed by atoms with van der Waals surface area (Å²) >= 11 is 31.7. The highest BCUT2D eigenvalue weighted by atomic mass is 79.9. The van der Waals surface area contributed by atoms with Crippen LogP contribution in [0.5, 0.6) is 11.5 Å². The number of halogens is 8. The van der Waals surface area contributed by atoms with E-state index in [0.29, 0.717) is 104 Å². The van der Waals surface area contributed by atoms with E-state index in [4.69, 9.17) is 40.4 Å². The highest BCUT2D eigenvalue weighted by Crippen LogP contribution is 2.40. The molecule has 788 valence electrons. The molecule has 12 N–H and O–H groups in total. The summed E-state index contributed by atoms with van der Waals surface area (Å²) < 4.78 is 6.67. The summed E-state index contributed by atoms with van der Waals surface area (Å²) in [6, 6.07) is 42.6. The van der Waals surface area contributed by atoms with Gasteiger partial charge in [-0.05, 0) is 295 Å². The SMILES string of the molecule is CC(C)c1cc(Br)c(N)c(Br)c1.CC(C)c1cc(Br)c(O)c(Br)c1.CC(C)c1cc(Cl)c(O)c(Cl)c1.CC(C)c1cccc2ccccc12.NC1CCN(C=O)CC1.Nc1c(Br)cc(-c2cn(C3CCN(C=O)CC3)c(=O)[nH]2)cc1Br.O=CN1CCC(=O)CC1.O=CN1CCC(N2CNc3ccccc3C2=O)CC1.O=CN1CCC(N2Cc3ccncc3NC2=O)CC1.O=CN1CCC(N2Cc3cnccc3NC2=O)CC1. The summed E-state index contributed by atoms with van der Waals surface area (Å²) in [5, 5.41) is 31.1. The van der Waals surface area contributed by atoms with Crippen LogP contribution in [0.4, 0.5) is 38.0 Å². The van der Waals surface area contributed by atoms with Gasteiger partial charge in [0.1, 0.15) is 11.5 Å². The number of piperidine rings is 6. The zero-order chi connectivity index (χ0) is 107. The van der Waals surface area contributed by atoms with Crippen LogP contribution in [0.25, 0.3) is 22.0 Å². The molecular weight excluding hydrogens is 2310 g/mol. The molecule has 0 saturated carbocycles. The minimum absolute atomic E-state index is 0.0391. The number of nitrogens with one attached hydrogen (secondary N) is 4. The van der Waals surface area contributed by atoms with Gasteiger partial charge in [-0.2, -0.15) is 0 Å². The van der Waals surface area contributed by atoms with E-state index in [1.807, 2.05) is 95.4 Å². The third-order valence-electron chi connectivity index (χ3n) is 26.7. The number of urea groups is 2. The Morgan fingerprint density at radius 2 is 0.823 bits per heavy atom. The van der Waals surface area contributed by atoms with Crippen molar-refractivity contribution >= 4 is 220 Å². The summed E-state index contributed by atoms with van der Waals surface area (Å²) in [5.74, 6) is 2.55. The van der Waals surface area contributed by atoms with Crippen molar-refractivity contribution in [1.29, 1.82) is 0 Å². The molecule has 3 aromatic heterocycles. The fourth-order valence-electron chi connectivity index (χ4n) is 17.5. The molecular formula is C107H131Br6Cl2N19O13. The van der Waals surface area contributed by atoms with E-state index >= 15 is 0 Å². The number of para-hydroxylation sites is 1. The summed E-state index contributed by atoms with van der Waals surface area (Å²) in [6.07, 6.45) is 23.6. The van der Waals surface area contributed by atoms with E-state index in [0.717, 1.165) is 238 Å². The van der Waals surface area contributed by atoms with E-state index in [1.54, 1.807) is 70.9 Å². The number of hydrogen-bond acceptors (Lipinski definition) is 19. The lowest BCUT2D eigenvalue weighted by Gasteiger charge is -2.39. The highest BCUT2D eigenvalue weighted by molar-refractivity contribution is 9.12. The second kappa shape index (κ2) is 58.3. The Morgan fingerprint density at radius 3 is 1.31 bits per heavy atom. The van der Waals surface area contributed by atoms with E-state index in [-0.39, 0.29) is 65.1 Å². The molecule has 0 aliphatic carbocycles. The lowest BCUT2D eigenvalue weighted by Crippen LogP contribution is -2.50. The van der Waals surface area contributed by atoms with Crippen molar-refractivity contribution in [2.45, 2.75) is 199 Å². The third kappa shape index (κ3) is 34.3. The van der Waals surface area contributed by atoms with Gasteiger partial charge in [0, 0.05) is 188 Å². The van der Waals surface area contributed by atoms with Crippen LogP contribution in [-0.4, -0.2) is 245 Å². The van der Waals surface area contributed by atoms with Gasteiger partial charge in [-0.3, -0.25) is 52.9 Å². The maximum absolute atomic E-state index is 12.5. The highest BCUT2D eigenvalue weighted by Gasteiger charge is 2.36. The quantitative estimate of drug-likeness (QED) is 0.0340. The summed E-state index contributed by atoms with van der Waals surface area (Å²) in [7, 11) is 0. The second-order valence-corrected chi connectivity index (χ2v) is 43.9. The predicted molar refractivity (Wildman–Crippen MR) is 602 cm³/mol. The maximum Gasteiger partial charge on any atom is 0.326 e. The molecule has 6 fully saturated rings. The number of hydrogen-bond donors (Lipinski definition) is 9. The number of anilines is 5. The number of pyridine rings is 2.